The van der Waals surface area contributed by atoms with Crippen molar-refractivity contribution >= 4 is 22.7 Å². The van der Waals surface area contributed by atoms with Gasteiger partial charge in [-0.05, 0) is 32.0 Å². The summed E-state index contributed by atoms with van der Waals surface area (Å²) in [4.78, 5) is 27.9. The number of halogens is 1. The number of para-hydroxylation sites is 1. The lowest BCUT2D eigenvalue weighted by atomic mass is 10.0. The van der Waals surface area contributed by atoms with Gasteiger partial charge in [0.15, 0.2) is 6.10 Å². The van der Waals surface area contributed by atoms with Crippen molar-refractivity contribution in [3.05, 3.63) is 71.2 Å². The summed E-state index contributed by atoms with van der Waals surface area (Å²) in [5.41, 5.74) is 1.84. The number of aromatic amines is 1. The lowest BCUT2D eigenvalue weighted by molar-refractivity contribution is 0.0314. The van der Waals surface area contributed by atoms with Gasteiger partial charge in [-0.1, -0.05) is 30.3 Å². The van der Waals surface area contributed by atoms with Gasteiger partial charge in [0.25, 0.3) is 0 Å². The van der Waals surface area contributed by atoms with Crippen LogP contribution < -0.4 is 0 Å². The molecule has 0 spiro atoms. The third-order valence-corrected chi connectivity index (χ3v) is 3.89. The molecular weight excluding hydrogens is 309 g/mol. The van der Waals surface area contributed by atoms with Crippen LogP contribution in [-0.2, 0) is 4.74 Å². The maximum absolute atomic E-state index is 13.6. The number of hydrogen-bond donors (Lipinski definition) is 1. The number of H-pyrrole nitrogens is 1. The van der Waals surface area contributed by atoms with Crippen molar-refractivity contribution in [1.82, 2.24) is 4.98 Å². The van der Waals surface area contributed by atoms with E-state index in [1.54, 1.807) is 6.92 Å². The molecule has 122 valence electrons. The maximum Gasteiger partial charge on any atom is 0.341 e. The van der Waals surface area contributed by atoms with Gasteiger partial charge in [-0.2, -0.15) is 0 Å². The molecule has 0 saturated carbocycles. The number of hydrogen-bond acceptors (Lipinski definition) is 3. The van der Waals surface area contributed by atoms with Gasteiger partial charge in [0.1, 0.15) is 5.82 Å². The number of aromatic nitrogens is 1. The van der Waals surface area contributed by atoms with E-state index in [2.05, 4.69) is 4.98 Å². The first kappa shape index (κ1) is 15.9. The van der Waals surface area contributed by atoms with Crippen LogP contribution in [0.25, 0.3) is 10.9 Å². The van der Waals surface area contributed by atoms with E-state index in [1.165, 1.54) is 31.2 Å². The number of rotatable bonds is 4. The first-order valence-electron chi connectivity index (χ1n) is 7.56. The van der Waals surface area contributed by atoms with Crippen molar-refractivity contribution in [2.75, 3.05) is 0 Å². The molecule has 1 atom stereocenters. The van der Waals surface area contributed by atoms with Crippen molar-refractivity contribution in [3.8, 4) is 0 Å². The highest BCUT2D eigenvalue weighted by Crippen LogP contribution is 2.24. The smallest absolute Gasteiger partial charge is 0.341 e. The van der Waals surface area contributed by atoms with Crippen LogP contribution in [0.3, 0.4) is 0 Å². The largest absolute Gasteiger partial charge is 0.451 e. The molecule has 0 aliphatic carbocycles. The molecule has 0 unspecified atom stereocenters. The molecule has 2 aromatic carbocycles. The highest BCUT2D eigenvalue weighted by Gasteiger charge is 2.25. The van der Waals surface area contributed by atoms with Crippen molar-refractivity contribution in [2.45, 2.75) is 20.0 Å². The monoisotopic (exact) mass is 325 g/mol. The van der Waals surface area contributed by atoms with Crippen LogP contribution in [0.5, 0.6) is 0 Å². The molecule has 5 heteroatoms. The van der Waals surface area contributed by atoms with E-state index in [0.717, 1.165) is 10.9 Å². The number of aryl methyl sites for hydroxylation is 1. The maximum atomic E-state index is 13.6. The molecule has 24 heavy (non-hydrogen) atoms. The zero-order valence-corrected chi connectivity index (χ0v) is 13.3. The molecule has 0 bridgehead atoms. The minimum Gasteiger partial charge on any atom is -0.451 e. The van der Waals surface area contributed by atoms with Crippen LogP contribution in [0, 0.1) is 12.7 Å². The topological polar surface area (TPSA) is 59.2 Å². The fraction of sp³-hybridized carbons (Fsp3) is 0.158. The predicted octanol–water partition coefficient (Wildman–Crippen LogP) is 4.04. The summed E-state index contributed by atoms with van der Waals surface area (Å²) in [5.74, 6) is -1.86. The molecule has 4 nitrogen and oxygen atoms in total. The highest BCUT2D eigenvalue weighted by molar-refractivity contribution is 6.11. The first-order valence-corrected chi connectivity index (χ1v) is 7.56. The van der Waals surface area contributed by atoms with Crippen LogP contribution in [-0.4, -0.2) is 22.8 Å². The fourth-order valence-electron chi connectivity index (χ4n) is 2.70. The summed E-state index contributed by atoms with van der Waals surface area (Å²) in [5, 5.41) is 0.772. The molecule has 0 fully saturated rings. The molecule has 0 saturated heterocycles. The van der Waals surface area contributed by atoms with E-state index in [-0.39, 0.29) is 11.3 Å². The minimum atomic E-state index is -1.02. The van der Waals surface area contributed by atoms with Crippen LogP contribution in [0.15, 0.2) is 48.5 Å². The lowest BCUT2D eigenvalue weighted by Crippen LogP contribution is -2.25. The van der Waals surface area contributed by atoms with Crippen LogP contribution >= 0.6 is 0 Å². The molecule has 1 aromatic heterocycles. The summed E-state index contributed by atoms with van der Waals surface area (Å²) >= 11 is 0. The first-order chi connectivity index (χ1) is 11.5. The summed E-state index contributed by atoms with van der Waals surface area (Å²) in [7, 11) is 0. The van der Waals surface area contributed by atoms with Gasteiger partial charge in [-0.15, -0.1) is 0 Å². The zero-order chi connectivity index (χ0) is 17.3. The second kappa shape index (κ2) is 6.28. The number of ether oxygens (including phenoxy) is 1. The number of ketones is 1. The summed E-state index contributed by atoms with van der Waals surface area (Å²) in [6, 6.07) is 12.9. The number of carbonyl (C=O) groups is 2. The van der Waals surface area contributed by atoms with E-state index < -0.39 is 17.9 Å². The van der Waals surface area contributed by atoms with E-state index >= 15 is 0 Å². The van der Waals surface area contributed by atoms with Crippen molar-refractivity contribution in [1.29, 1.82) is 0 Å². The Morgan fingerprint density at radius 2 is 1.75 bits per heavy atom. The average Bonchev–Trinajstić information content (AvgIpc) is 2.90. The predicted molar refractivity (Wildman–Crippen MR) is 88.6 cm³/mol. The Hall–Kier alpha value is -2.95. The van der Waals surface area contributed by atoms with Crippen LogP contribution in [0.2, 0.25) is 0 Å². The van der Waals surface area contributed by atoms with Crippen LogP contribution in [0.1, 0.15) is 33.3 Å². The van der Waals surface area contributed by atoms with Crippen molar-refractivity contribution < 1.29 is 18.7 Å². The quantitative estimate of drug-likeness (QED) is 0.582. The van der Waals surface area contributed by atoms with Gasteiger partial charge in [-0.25, -0.2) is 9.18 Å². The molecule has 3 rings (SSSR count). The molecule has 1 heterocycles. The number of esters is 1. The molecular formula is C19H16FNO3. The van der Waals surface area contributed by atoms with Gasteiger partial charge in [0, 0.05) is 22.2 Å². The highest BCUT2D eigenvalue weighted by atomic mass is 19.1. The van der Waals surface area contributed by atoms with Crippen molar-refractivity contribution in [2.24, 2.45) is 0 Å². The molecule has 0 amide bonds. The standard InChI is InChI=1S/C19H16FNO3/c1-11-17(14-8-4-6-10-16(14)21-11)18(22)12(2)24-19(23)13-7-3-5-9-15(13)20/h3-10,12,21H,1-2H3/t12-/m1/s1. The number of Topliss-reactive ketones (excluding diaryl/α,β-unsaturated/α-hetero) is 1. The summed E-state index contributed by atoms with van der Waals surface area (Å²) in [6.07, 6.45) is -1.02. The van der Waals surface area contributed by atoms with E-state index in [1.807, 2.05) is 24.3 Å². The normalized spacial score (nSPS) is 12.1. The van der Waals surface area contributed by atoms with Gasteiger partial charge in [-0.3, -0.25) is 4.79 Å². The third-order valence-electron chi connectivity index (χ3n) is 3.89. The van der Waals surface area contributed by atoms with Crippen LogP contribution in [0.4, 0.5) is 4.39 Å². The second-order valence-electron chi connectivity index (χ2n) is 5.56. The fourth-order valence-corrected chi connectivity index (χ4v) is 2.70. The molecule has 0 aliphatic heterocycles. The lowest BCUT2D eigenvalue weighted by Gasteiger charge is -2.13. The van der Waals surface area contributed by atoms with E-state index in [4.69, 9.17) is 4.74 Å². The molecule has 3 aromatic rings. The van der Waals surface area contributed by atoms with Gasteiger partial charge >= 0.3 is 5.97 Å². The van der Waals surface area contributed by atoms with Gasteiger partial charge < -0.3 is 9.72 Å². The zero-order valence-electron chi connectivity index (χ0n) is 13.3. The summed E-state index contributed by atoms with van der Waals surface area (Å²) < 4.78 is 18.8. The SMILES string of the molecule is Cc1[nH]c2ccccc2c1C(=O)[C@@H](C)OC(=O)c1ccccc1F. The number of fused-ring (bicyclic) bond motifs is 1. The van der Waals surface area contributed by atoms with Crippen molar-refractivity contribution in [3.63, 3.8) is 0 Å². The second-order valence-corrected chi connectivity index (χ2v) is 5.56. The van der Waals surface area contributed by atoms with E-state index in [9.17, 15) is 14.0 Å². The summed E-state index contributed by atoms with van der Waals surface area (Å²) in [6.45, 7) is 3.28. The Labute approximate surface area is 138 Å². The molecule has 0 radical (unpaired) electrons. The number of benzene rings is 2. The molecule has 0 aliphatic rings. The van der Waals surface area contributed by atoms with Gasteiger partial charge in [0.05, 0.1) is 5.56 Å². The number of carbonyl (C=O) groups excluding carboxylic acids is 2. The Kier molecular flexibility index (Phi) is 4.16. The third kappa shape index (κ3) is 2.80. The Morgan fingerprint density at radius 3 is 2.50 bits per heavy atom. The van der Waals surface area contributed by atoms with E-state index in [0.29, 0.717) is 11.3 Å². The Balaban J connectivity index is 1.86. The number of nitrogens with one attached hydrogen (secondary N) is 1. The Morgan fingerprint density at radius 1 is 1.08 bits per heavy atom. The molecule has 1 N–H and O–H groups in total. The Bertz CT molecular complexity index is 929. The average molecular weight is 325 g/mol. The van der Waals surface area contributed by atoms with Gasteiger partial charge in [0.2, 0.25) is 5.78 Å². The minimum absolute atomic E-state index is 0.187.